The third-order valence-corrected chi connectivity index (χ3v) is 3.07. The number of nitrogens with two attached hydrogens (primary N) is 1. The van der Waals surface area contributed by atoms with Crippen molar-refractivity contribution in [1.29, 1.82) is 0 Å². The smallest absolute Gasteiger partial charge is 0.239 e. The predicted octanol–water partition coefficient (Wildman–Crippen LogP) is 0.418. The molecule has 0 spiro atoms. The average Bonchev–Trinajstić information content (AvgIpc) is 1.99. The van der Waals surface area contributed by atoms with Gasteiger partial charge in [-0.3, -0.25) is 9.71 Å². The zero-order valence-corrected chi connectivity index (χ0v) is 9.73. The van der Waals surface area contributed by atoms with Gasteiger partial charge in [-0.2, -0.15) is 0 Å². The molecule has 1 heterocycles. The number of rotatable bonds is 4. The molecule has 0 fully saturated rings. The van der Waals surface area contributed by atoms with Crippen LogP contribution < -0.4 is 10.5 Å². The normalized spacial score (nSPS) is 11.0. The molecule has 0 radical (unpaired) electrons. The van der Waals surface area contributed by atoms with Crippen molar-refractivity contribution in [1.82, 2.24) is 4.98 Å². The van der Waals surface area contributed by atoms with E-state index in [1.54, 1.807) is 19.1 Å². The Morgan fingerprint density at radius 1 is 1.67 bits per heavy atom. The van der Waals surface area contributed by atoms with Gasteiger partial charge >= 0.3 is 0 Å². The van der Waals surface area contributed by atoms with Crippen molar-refractivity contribution in [2.45, 2.75) is 6.92 Å². The summed E-state index contributed by atoms with van der Waals surface area (Å²) in [4.78, 5) is 3.88. The molecule has 0 bridgehead atoms. The van der Waals surface area contributed by atoms with Crippen molar-refractivity contribution in [3.63, 3.8) is 0 Å². The van der Waals surface area contributed by atoms with Gasteiger partial charge in [0.15, 0.2) is 0 Å². The van der Waals surface area contributed by atoms with Crippen LogP contribution >= 0.6 is 12.2 Å². The molecule has 5 nitrogen and oxygen atoms in total. The first-order valence-electron chi connectivity index (χ1n) is 4.10. The van der Waals surface area contributed by atoms with Crippen molar-refractivity contribution < 1.29 is 8.42 Å². The molecule has 0 saturated heterocycles. The van der Waals surface area contributed by atoms with Crippen LogP contribution in [0.1, 0.15) is 5.69 Å². The van der Waals surface area contributed by atoms with Crippen LogP contribution in [0.4, 0.5) is 5.69 Å². The quantitative estimate of drug-likeness (QED) is 0.751. The molecule has 0 aliphatic rings. The van der Waals surface area contributed by atoms with Crippen molar-refractivity contribution in [3.05, 3.63) is 24.0 Å². The van der Waals surface area contributed by atoms with E-state index >= 15 is 0 Å². The van der Waals surface area contributed by atoms with E-state index < -0.39 is 10.0 Å². The Bertz CT molecular complexity index is 471. The summed E-state index contributed by atoms with van der Waals surface area (Å²) in [5.41, 5.74) is 6.35. The number of hydrogen-bond acceptors (Lipinski definition) is 4. The molecular weight excluding hydrogens is 234 g/mol. The highest BCUT2D eigenvalue weighted by Crippen LogP contribution is 2.09. The number of aromatic nitrogens is 1. The van der Waals surface area contributed by atoms with Crippen molar-refractivity contribution >= 4 is 32.9 Å². The highest BCUT2D eigenvalue weighted by molar-refractivity contribution is 7.95. The second-order valence-electron chi connectivity index (χ2n) is 3.01. The van der Waals surface area contributed by atoms with Gasteiger partial charge in [-0.15, -0.1) is 0 Å². The van der Waals surface area contributed by atoms with E-state index in [2.05, 4.69) is 21.9 Å². The molecule has 0 aromatic carbocycles. The molecule has 1 aromatic rings. The van der Waals surface area contributed by atoms with Gasteiger partial charge in [-0.25, -0.2) is 8.42 Å². The van der Waals surface area contributed by atoms with Gasteiger partial charge in [0.1, 0.15) is 5.75 Å². The summed E-state index contributed by atoms with van der Waals surface area (Å²) >= 11 is 4.53. The van der Waals surface area contributed by atoms with E-state index in [9.17, 15) is 8.42 Å². The second-order valence-corrected chi connectivity index (χ2v) is 5.26. The van der Waals surface area contributed by atoms with Crippen LogP contribution in [0.5, 0.6) is 0 Å². The summed E-state index contributed by atoms with van der Waals surface area (Å²) in [5.74, 6) is -0.357. The number of hydrogen-bond donors (Lipinski definition) is 2. The summed E-state index contributed by atoms with van der Waals surface area (Å²) in [7, 11) is -3.49. The fourth-order valence-electron chi connectivity index (χ4n) is 1.01. The molecule has 0 saturated carbocycles. The lowest BCUT2D eigenvalue weighted by molar-refractivity contribution is 0.605. The lowest BCUT2D eigenvalue weighted by atomic mass is 10.3. The zero-order valence-electron chi connectivity index (χ0n) is 8.10. The van der Waals surface area contributed by atoms with E-state index in [1.165, 1.54) is 6.20 Å². The fraction of sp³-hybridized carbons (Fsp3) is 0.250. The summed E-state index contributed by atoms with van der Waals surface area (Å²) < 4.78 is 25.2. The Labute approximate surface area is 93.8 Å². The molecular formula is C8H11N3O2S2. The van der Waals surface area contributed by atoms with E-state index in [1.807, 2.05) is 0 Å². The molecule has 0 unspecified atom stereocenters. The summed E-state index contributed by atoms with van der Waals surface area (Å²) in [6.07, 6.45) is 1.52. The maximum absolute atomic E-state index is 11.4. The predicted molar refractivity (Wildman–Crippen MR) is 63.2 cm³/mol. The zero-order chi connectivity index (χ0) is 11.5. The minimum Gasteiger partial charge on any atom is -0.392 e. The summed E-state index contributed by atoms with van der Waals surface area (Å²) in [6, 6.07) is 3.18. The Kier molecular flexibility index (Phi) is 3.59. The lowest BCUT2D eigenvalue weighted by Crippen LogP contribution is -2.26. The SMILES string of the molecule is Cc1cc(NS(=O)(=O)CC(N)=S)ccn1. The number of nitrogens with one attached hydrogen (secondary N) is 1. The maximum Gasteiger partial charge on any atom is 0.239 e. The van der Waals surface area contributed by atoms with E-state index in [-0.39, 0.29) is 10.7 Å². The molecule has 3 N–H and O–H groups in total. The molecule has 1 aromatic heterocycles. The van der Waals surface area contributed by atoms with Crippen molar-refractivity contribution in [2.24, 2.45) is 5.73 Å². The minimum atomic E-state index is -3.49. The molecule has 1 rings (SSSR count). The van der Waals surface area contributed by atoms with Crippen LogP contribution in [0.15, 0.2) is 18.3 Å². The van der Waals surface area contributed by atoms with Gasteiger partial charge in [0, 0.05) is 11.9 Å². The van der Waals surface area contributed by atoms with Gasteiger partial charge in [-0.1, -0.05) is 12.2 Å². The molecule has 15 heavy (non-hydrogen) atoms. The average molecular weight is 245 g/mol. The number of nitrogens with zero attached hydrogens (tertiary/aromatic N) is 1. The van der Waals surface area contributed by atoms with Gasteiger partial charge in [0.05, 0.1) is 10.7 Å². The van der Waals surface area contributed by atoms with Crippen LogP contribution in [0.25, 0.3) is 0 Å². The third-order valence-electron chi connectivity index (χ3n) is 1.50. The van der Waals surface area contributed by atoms with Gasteiger partial charge in [-0.05, 0) is 19.1 Å². The van der Waals surface area contributed by atoms with Gasteiger partial charge in [0.2, 0.25) is 10.0 Å². The van der Waals surface area contributed by atoms with Gasteiger partial charge < -0.3 is 5.73 Å². The largest absolute Gasteiger partial charge is 0.392 e. The number of aryl methyl sites for hydroxylation is 1. The van der Waals surface area contributed by atoms with Crippen molar-refractivity contribution in [2.75, 3.05) is 10.5 Å². The number of pyridine rings is 1. The number of thiocarbonyl (C=S) groups is 1. The van der Waals surface area contributed by atoms with Crippen LogP contribution in [-0.4, -0.2) is 24.1 Å². The van der Waals surface area contributed by atoms with Crippen LogP contribution in [0.3, 0.4) is 0 Å². The van der Waals surface area contributed by atoms with Crippen LogP contribution in [0.2, 0.25) is 0 Å². The summed E-state index contributed by atoms with van der Waals surface area (Å²) in [6.45, 7) is 1.77. The Morgan fingerprint density at radius 3 is 2.87 bits per heavy atom. The first kappa shape index (κ1) is 11.9. The lowest BCUT2D eigenvalue weighted by Gasteiger charge is -2.06. The Balaban J connectivity index is 2.82. The Morgan fingerprint density at radius 2 is 2.33 bits per heavy atom. The van der Waals surface area contributed by atoms with E-state index in [0.29, 0.717) is 5.69 Å². The van der Waals surface area contributed by atoms with Crippen LogP contribution in [-0.2, 0) is 10.0 Å². The summed E-state index contributed by atoms with van der Waals surface area (Å²) in [5, 5.41) is 0. The standard InChI is InChI=1S/C8H11N3O2S2/c1-6-4-7(2-3-10-6)11-15(12,13)5-8(9)14/h2-4H,5H2,1H3,(H2,9,14)(H,10,11). The fourth-order valence-corrected chi connectivity index (χ4v) is 2.41. The van der Waals surface area contributed by atoms with Gasteiger partial charge in [0.25, 0.3) is 0 Å². The van der Waals surface area contributed by atoms with E-state index in [0.717, 1.165) is 5.69 Å². The first-order valence-corrected chi connectivity index (χ1v) is 6.16. The molecule has 0 amide bonds. The highest BCUT2D eigenvalue weighted by atomic mass is 32.2. The molecule has 82 valence electrons. The number of sulfonamides is 1. The molecule has 0 aliphatic carbocycles. The molecule has 7 heteroatoms. The van der Waals surface area contributed by atoms with Crippen LogP contribution in [0, 0.1) is 6.92 Å². The topological polar surface area (TPSA) is 85.1 Å². The molecule has 0 aliphatic heterocycles. The van der Waals surface area contributed by atoms with Crippen molar-refractivity contribution in [3.8, 4) is 0 Å². The minimum absolute atomic E-state index is 0.0618. The monoisotopic (exact) mass is 245 g/mol. The highest BCUT2D eigenvalue weighted by Gasteiger charge is 2.11. The number of anilines is 1. The first-order chi connectivity index (χ1) is 6.89. The van der Waals surface area contributed by atoms with E-state index in [4.69, 9.17) is 5.73 Å². The Hall–Kier alpha value is -1.21. The maximum atomic E-state index is 11.4. The third kappa shape index (κ3) is 4.22. The second kappa shape index (κ2) is 4.54. The molecule has 0 atom stereocenters.